The molecule has 0 saturated carbocycles. The average molecular weight is 727 g/mol. The molecule has 4 rings (SSSR count). The third-order valence-electron chi connectivity index (χ3n) is 8.00. The summed E-state index contributed by atoms with van der Waals surface area (Å²) in [5, 5.41) is 15.6. The van der Waals surface area contributed by atoms with Gasteiger partial charge in [0.1, 0.15) is 7.11 Å². The predicted octanol–water partition coefficient (Wildman–Crippen LogP) is 7.47. The maximum Gasteiger partial charge on any atom is 0.416 e. The minimum absolute atomic E-state index is 0.0790. The minimum Gasteiger partial charge on any atom is -0.399 e. The maximum absolute atomic E-state index is 13.4. The number of hydrogen-bond donors (Lipinski definition) is 2. The molecule has 1 aliphatic rings. The number of alkyl halides is 6. The molecule has 1 heterocycles. The van der Waals surface area contributed by atoms with Gasteiger partial charge in [-0.25, -0.2) is 13.1 Å². The van der Waals surface area contributed by atoms with Gasteiger partial charge in [-0.3, -0.25) is 0 Å². The Morgan fingerprint density at radius 1 is 0.957 bits per heavy atom. The van der Waals surface area contributed by atoms with Crippen molar-refractivity contribution in [3.05, 3.63) is 99.0 Å². The van der Waals surface area contributed by atoms with Gasteiger partial charge in [0.05, 0.1) is 43.9 Å². The van der Waals surface area contributed by atoms with Crippen LogP contribution in [0.5, 0.6) is 0 Å². The molecule has 1 saturated heterocycles. The van der Waals surface area contributed by atoms with E-state index in [1.54, 1.807) is 12.1 Å². The monoisotopic (exact) mass is 725 g/mol. The summed E-state index contributed by atoms with van der Waals surface area (Å²) in [5.74, 6) is -0.672. The van der Waals surface area contributed by atoms with E-state index in [9.17, 15) is 39.9 Å². The number of sulfonamides is 1. The summed E-state index contributed by atoms with van der Waals surface area (Å²) in [6, 6.07) is 14.2. The van der Waals surface area contributed by atoms with Gasteiger partial charge in [0.2, 0.25) is 10.0 Å². The summed E-state index contributed by atoms with van der Waals surface area (Å²) in [6.45, 7) is 0.917. The molecule has 256 valence electrons. The summed E-state index contributed by atoms with van der Waals surface area (Å²) in [4.78, 5) is 5.87. The first-order valence-corrected chi connectivity index (χ1v) is 16.5. The van der Waals surface area contributed by atoms with Crippen LogP contribution in [0.4, 0.5) is 26.3 Å². The second-order valence-corrected chi connectivity index (χ2v) is 13.7. The van der Waals surface area contributed by atoms with Gasteiger partial charge in [0, 0.05) is 19.0 Å². The molecule has 3 aromatic carbocycles. The van der Waals surface area contributed by atoms with Crippen LogP contribution in [-0.4, -0.2) is 57.4 Å². The van der Waals surface area contributed by atoms with E-state index in [4.69, 9.17) is 28.0 Å². The highest BCUT2D eigenvalue weighted by atomic mass is 35.5. The second-order valence-electron chi connectivity index (χ2n) is 11.1. The molecule has 1 aliphatic heterocycles. The lowest BCUT2D eigenvalue weighted by Crippen LogP contribution is -2.43. The van der Waals surface area contributed by atoms with Crippen LogP contribution in [0.3, 0.4) is 0 Å². The van der Waals surface area contributed by atoms with E-state index in [1.165, 1.54) is 13.2 Å². The average Bonchev–Trinajstić information content (AvgIpc) is 3.02. The quantitative estimate of drug-likeness (QED) is 0.122. The topological polar surface area (TPSA) is 91.2 Å². The third kappa shape index (κ3) is 9.39. The first kappa shape index (κ1) is 36.9. The largest absolute Gasteiger partial charge is 0.416 e. The van der Waals surface area contributed by atoms with E-state index in [2.05, 4.69) is 14.8 Å². The van der Waals surface area contributed by atoms with Crippen molar-refractivity contribution >= 4 is 38.9 Å². The molecule has 0 aliphatic carbocycles. The van der Waals surface area contributed by atoms with Crippen LogP contribution in [0.1, 0.15) is 47.4 Å². The van der Waals surface area contributed by atoms with Crippen LogP contribution in [0.2, 0.25) is 10.0 Å². The molecular weight excluding hydrogens is 695 g/mol. The zero-order valence-corrected chi connectivity index (χ0v) is 27.2. The van der Waals surface area contributed by atoms with Crippen molar-refractivity contribution in [2.24, 2.45) is 5.16 Å². The molecule has 0 amide bonds. The highest BCUT2D eigenvalue weighted by Crippen LogP contribution is 2.38. The summed E-state index contributed by atoms with van der Waals surface area (Å²) in [6.07, 6.45) is -9.22. The fourth-order valence-corrected chi connectivity index (χ4v) is 6.80. The van der Waals surface area contributed by atoms with E-state index < -0.39 is 56.5 Å². The fourth-order valence-electron chi connectivity index (χ4n) is 5.42. The van der Waals surface area contributed by atoms with Crippen LogP contribution in [0.25, 0.3) is 0 Å². The molecule has 0 bridgehead atoms. The van der Waals surface area contributed by atoms with Crippen molar-refractivity contribution in [3.8, 4) is 0 Å². The first-order valence-electron chi connectivity index (χ1n) is 14.3. The Balaban J connectivity index is 1.57. The number of likely N-dealkylation sites (tertiary alicyclic amines) is 1. The number of nitrogens with zero attached hydrogens (tertiary/aromatic N) is 2. The van der Waals surface area contributed by atoms with Crippen LogP contribution in [-0.2, 0) is 32.8 Å². The van der Waals surface area contributed by atoms with Gasteiger partial charge < -0.3 is 14.8 Å². The zero-order valence-electron chi connectivity index (χ0n) is 24.9. The Kier molecular flexibility index (Phi) is 11.6. The van der Waals surface area contributed by atoms with Crippen LogP contribution in [0.15, 0.2) is 76.8 Å². The second kappa shape index (κ2) is 14.7. The number of oxime groups is 1. The van der Waals surface area contributed by atoms with Gasteiger partial charge in [-0.2, -0.15) is 26.3 Å². The van der Waals surface area contributed by atoms with Crippen LogP contribution in [0, 0.1) is 0 Å². The summed E-state index contributed by atoms with van der Waals surface area (Å²) < 4.78 is 109. The molecule has 3 aromatic rings. The van der Waals surface area contributed by atoms with Gasteiger partial charge in [0.25, 0.3) is 0 Å². The molecule has 0 spiro atoms. The minimum atomic E-state index is -5.24. The number of rotatable bonds is 11. The van der Waals surface area contributed by atoms with E-state index in [1.807, 2.05) is 30.3 Å². The highest BCUT2D eigenvalue weighted by molar-refractivity contribution is 7.89. The standard InChI is InChI=1S/C31H31Cl2F6N3O4S/c1-46-41-28(19-40-47(44,45)24-17-22(30(34,35)36)16-23(18-24)31(37,38)39)25(20-7-8-26(32)27(33)15-20)9-12-42-13-10-29(43,11-14-42)21-5-3-2-4-6-21/h2-8,15-18,25,40,43H,9-14,19H2,1H3/b41-28+. The number of nitrogens with one attached hydrogen (secondary N) is 1. The maximum atomic E-state index is 13.4. The van der Waals surface area contributed by atoms with Gasteiger partial charge in [-0.05, 0) is 67.3 Å². The molecule has 0 aromatic heterocycles. The van der Waals surface area contributed by atoms with Crippen molar-refractivity contribution in [2.45, 2.75) is 48.0 Å². The predicted molar refractivity (Wildman–Crippen MR) is 166 cm³/mol. The molecule has 47 heavy (non-hydrogen) atoms. The van der Waals surface area contributed by atoms with Gasteiger partial charge in [-0.1, -0.05) is 64.8 Å². The van der Waals surface area contributed by atoms with Crippen LogP contribution >= 0.6 is 23.2 Å². The molecule has 7 nitrogen and oxygen atoms in total. The smallest absolute Gasteiger partial charge is 0.399 e. The Hall–Kier alpha value is -2.88. The molecular formula is C31H31Cl2F6N3O4S. The number of hydrogen-bond acceptors (Lipinski definition) is 6. The summed E-state index contributed by atoms with van der Waals surface area (Å²) in [7, 11) is -3.71. The Morgan fingerprint density at radius 3 is 2.09 bits per heavy atom. The SMILES string of the molecule is CO/N=C(\CNS(=O)(=O)c1cc(C(F)(F)F)cc(C(F)(F)F)c1)C(CCN1CCC(O)(c2ccccc2)CC1)c1ccc(Cl)c(Cl)c1. The number of halogens is 8. The fraction of sp³-hybridized carbons (Fsp3) is 0.387. The summed E-state index contributed by atoms with van der Waals surface area (Å²) >= 11 is 12.4. The summed E-state index contributed by atoms with van der Waals surface area (Å²) in [5.41, 5.74) is -3.07. The lowest BCUT2D eigenvalue weighted by atomic mass is 9.84. The van der Waals surface area contributed by atoms with Crippen molar-refractivity contribution in [1.29, 1.82) is 0 Å². The highest BCUT2D eigenvalue weighted by Gasteiger charge is 2.39. The first-order chi connectivity index (χ1) is 21.9. The third-order valence-corrected chi connectivity index (χ3v) is 10.1. The van der Waals surface area contributed by atoms with E-state index in [0.29, 0.717) is 44.5 Å². The Labute approximate surface area is 278 Å². The van der Waals surface area contributed by atoms with E-state index in [0.717, 1.165) is 5.56 Å². The molecule has 1 unspecified atom stereocenters. The number of aliphatic hydroxyl groups is 1. The normalized spacial score (nSPS) is 17.0. The van der Waals surface area contributed by atoms with Crippen LogP contribution < -0.4 is 4.72 Å². The Bertz CT molecular complexity index is 1650. The van der Waals surface area contributed by atoms with Gasteiger partial charge >= 0.3 is 12.4 Å². The molecule has 0 radical (unpaired) electrons. The lowest BCUT2D eigenvalue weighted by Gasteiger charge is -2.39. The van der Waals surface area contributed by atoms with Crippen molar-refractivity contribution in [1.82, 2.24) is 9.62 Å². The van der Waals surface area contributed by atoms with Crippen molar-refractivity contribution in [2.75, 3.05) is 33.3 Å². The number of piperidine rings is 1. The van der Waals surface area contributed by atoms with E-state index in [-0.39, 0.29) is 34.0 Å². The molecule has 2 N–H and O–H groups in total. The van der Waals surface area contributed by atoms with Gasteiger partial charge in [0.15, 0.2) is 0 Å². The van der Waals surface area contributed by atoms with E-state index >= 15 is 0 Å². The number of benzene rings is 3. The van der Waals surface area contributed by atoms with Gasteiger partial charge in [-0.15, -0.1) is 0 Å². The molecule has 16 heteroatoms. The van der Waals surface area contributed by atoms with Crippen molar-refractivity contribution in [3.63, 3.8) is 0 Å². The molecule has 1 atom stereocenters. The zero-order chi connectivity index (χ0) is 34.6. The lowest BCUT2D eigenvalue weighted by molar-refractivity contribution is -0.143. The van der Waals surface area contributed by atoms with Crippen molar-refractivity contribution < 1.29 is 44.7 Å². The Morgan fingerprint density at radius 2 is 1.55 bits per heavy atom. The molecule has 1 fully saturated rings.